The minimum absolute atomic E-state index is 0. The smallest absolute Gasteiger partial charge is 0.191 e. The van der Waals surface area contributed by atoms with Crippen molar-refractivity contribution in [3.8, 4) is 5.75 Å². The molecule has 0 saturated heterocycles. The molecule has 2 aromatic carbocycles. The Kier molecular flexibility index (Phi) is 10.6. The van der Waals surface area contributed by atoms with Gasteiger partial charge in [0.2, 0.25) is 0 Å². The molecule has 0 unspecified atom stereocenters. The minimum atomic E-state index is 0. The predicted octanol–water partition coefficient (Wildman–Crippen LogP) is 4.06. The maximum Gasteiger partial charge on any atom is 0.191 e. The van der Waals surface area contributed by atoms with Crippen LogP contribution in [0.3, 0.4) is 0 Å². The zero-order valence-electron chi connectivity index (χ0n) is 17.7. The molecular weight excluding hydrogens is 527 g/mol. The standard InChI is InChI=1S/C22H27ClN6O.HI/c1-3-21-28-27-16-29(21)13-12-24-22(26-15-18-6-4-5-7-20(18)23)25-14-17-8-10-19(30-2)11-9-17;/h4-11,16H,3,12-15H2,1-2H3,(H2,24,25,26);1H. The Bertz CT molecular complexity index is 961. The van der Waals surface area contributed by atoms with Crippen LogP contribution in [-0.4, -0.2) is 34.4 Å². The van der Waals surface area contributed by atoms with E-state index in [4.69, 9.17) is 21.3 Å². The number of hydrogen-bond acceptors (Lipinski definition) is 4. The summed E-state index contributed by atoms with van der Waals surface area (Å²) in [5.74, 6) is 2.52. The van der Waals surface area contributed by atoms with Gasteiger partial charge in [0.05, 0.1) is 13.7 Å². The van der Waals surface area contributed by atoms with Crippen molar-refractivity contribution < 1.29 is 4.74 Å². The van der Waals surface area contributed by atoms with Crippen LogP contribution in [0, 0.1) is 0 Å². The van der Waals surface area contributed by atoms with Crippen LogP contribution in [0.2, 0.25) is 5.02 Å². The first-order chi connectivity index (χ1) is 14.7. The summed E-state index contributed by atoms with van der Waals surface area (Å²) in [5, 5.41) is 15.6. The number of aliphatic imine (C=N–C) groups is 1. The fraction of sp³-hybridized carbons (Fsp3) is 0.318. The molecule has 0 fully saturated rings. The average molecular weight is 555 g/mol. The largest absolute Gasteiger partial charge is 0.497 e. The lowest BCUT2D eigenvalue weighted by Crippen LogP contribution is -2.38. The number of rotatable bonds is 9. The first kappa shape index (κ1) is 24.9. The molecule has 1 aromatic heterocycles. The van der Waals surface area contributed by atoms with E-state index in [1.807, 2.05) is 53.1 Å². The number of ether oxygens (including phenoxy) is 1. The Labute approximate surface area is 205 Å². The Balaban J connectivity index is 0.00000341. The van der Waals surface area contributed by atoms with Crippen molar-refractivity contribution in [1.82, 2.24) is 25.4 Å². The molecule has 2 N–H and O–H groups in total. The van der Waals surface area contributed by atoms with E-state index in [0.29, 0.717) is 19.6 Å². The molecule has 0 aliphatic rings. The molecule has 0 bridgehead atoms. The van der Waals surface area contributed by atoms with Crippen molar-refractivity contribution in [3.63, 3.8) is 0 Å². The van der Waals surface area contributed by atoms with E-state index in [1.165, 1.54) is 0 Å². The maximum absolute atomic E-state index is 6.29. The summed E-state index contributed by atoms with van der Waals surface area (Å²) in [6.07, 6.45) is 2.61. The third kappa shape index (κ3) is 7.70. The second-order valence-electron chi connectivity index (χ2n) is 6.68. The van der Waals surface area contributed by atoms with Crippen molar-refractivity contribution in [1.29, 1.82) is 0 Å². The fourth-order valence-corrected chi connectivity index (χ4v) is 3.13. The van der Waals surface area contributed by atoms with Crippen LogP contribution in [0.25, 0.3) is 0 Å². The first-order valence-electron chi connectivity index (χ1n) is 9.94. The zero-order valence-corrected chi connectivity index (χ0v) is 20.8. The van der Waals surface area contributed by atoms with Crippen LogP contribution in [0.15, 0.2) is 59.9 Å². The van der Waals surface area contributed by atoms with Crippen molar-refractivity contribution in [2.45, 2.75) is 33.0 Å². The molecule has 3 rings (SSSR count). The van der Waals surface area contributed by atoms with E-state index in [9.17, 15) is 0 Å². The molecule has 166 valence electrons. The summed E-state index contributed by atoms with van der Waals surface area (Å²) in [7, 11) is 1.66. The van der Waals surface area contributed by atoms with Gasteiger partial charge in [-0.25, -0.2) is 4.99 Å². The molecule has 0 aliphatic heterocycles. The third-order valence-electron chi connectivity index (χ3n) is 4.64. The Morgan fingerprint density at radius 2 is 1.90 bits per heavy atom. The van der Waals surface area contributed by atoms with Crippen LogP contribution >= 0.6 is 35.6 Å². The lowest BCUT2D eigenvalue weighted by Gasteiger charge is -2.14. The van der Waals surface area contributed by atoms with Gasteiger partial charge in [-0.1, -0.05) is 48.9 Å². The second-order valence-corrected chi connectivity index (χ2v) is 7.09. The highest BCUT2D eigenvalue weighted by Crippen LogP contribution is 2.14. The molecule has 0 atom stereocenters. The number of benzene rings is 2. The van der Waals surface area contributed by atoms with Crippen LogP contribution in [-0.2, 0) is 26.1 Å². The van der Waals surface area contributed by atoms with Gasteiger partial charge in [0.25, 0.3) is 0 Å². The normalized spacial score (nSPS) is 11.0. The maximum atomic E-state index is 6.29. The van der Waals surface area contributed by atoms with E-state index in [1.54, 1.807) is 13.4 Å². The fourth-order valence-electron chi connectivity index (χ4n) is 2.93. The molecule has 1 heterocycles. The lowest BCUT2D eigenvalue weighted by atomic mass is 10.2. The van der Waals surface area contributed by atoms with Crippen molar-refractivity contribution in [2.24, 2.45) is 4.99 Å². The number of aryl methyl sites for hydroxylation is 1. The highest BCUT2D eigenvalue weighted by molar-refractivity contribution is 14.0. The highest BCUT2D eigenvalue weighted by atomic mass is 127. The van der Waals surface area contributed by atoms with Gasteiger partial charge in [0.15, 0.2) is 5.96 Å². The molecular formula is C22H28ClIN6O. The summed E-state index contributed by atoms with van der Waals surface area (Å²) in [6.45, 7) is 4.66. The summed E-state index contributed by atoms with van der Waals surface area (Å²) in [6, 6.07) is 15.7. The minimum Gasteiger partial charge on any atom is -0.497 e. The second kappa shape index (κ2) is 13.2. The zero-order chi connectivity index (χ0) is 21.2. The van der Waals surface area contributed by atoms with E-state index in [2.05, 4.69) is 27.8 Å². The number of halogens is 2. The molecule has 0 saturated carbocycles. The van der Waals surface area contributed by atoms with Crippen molar-refractivity contribution in [3.05, 3.63) is 76.8 Å². The summed E-state index contributed by atoms with van der Waals surface area (Å²) >= 11 is 6.29. The summed E-state index contributed by atoms with van der Waals surface area (Å²) in [5.41, 5.74) is 2.12. The molecule has 3 aromatic rings. The van der Waals surface area contributed by atoms with Gasteiger partial charge in [-0.15, -0.1) is 34.2 Å². The SMILES string of the molecule is CCc1nncn1CCNC(=NCc1ccc(OC)cc1)NCc1ccccc1Cl.I. The summed E-state index contributed by atoms with van der Waals surface area (Å²) in [4.78, 5) is 4.73. The van der Waals surface area contributed by atoms with Gasteiger partial charge in [-0.05, 0) is 29.3 Å². The third-order valence-corrected chi connectivity index (χ3v) is 5.01. The van der Waals surface area contributed by atoms with Gasteiger partial charge < -0.3 is 19.9 Å². The number of guanidine groups is 1. The predicted molar refractivity (Wildman–Crippen MR) is 135 cm³/mol. The molecule has 0 radical (unpaired) electrons. The number of methoxy groups -OCH3 is 1. The lowest BCUT2D eigenvalue weighted by molar-refractivity contribution is 0.414. The van der Waals surface area contributed by atoms with Crippen LogP contribution in [0.1, 0.15) is 23.9 Å². The van der Waals surface area contributed by atoms with Gasteiger partial charge >= 0.3 is 0 Å². The molecule has 0 spiro atoms. The molecule has 0 aliphatic carbocycles. The Morgan fingerprint density at radius 1 is 1.13 bits per heavy atom. The van der Waals surface area contributed by atoms with E-state index in [-0.39, 0.29) is 24.0 Å². The van der Waals surface area contributed by atoms with E-state index >= 15 is 0 Å². The van der Waals surface area contributed by atoms with Gasteiger partial charge in [0, 0.05) is 31.1 Å². The number of nitrogens with one attached hydrogen (secondary N) is 2. The average Bonchev–Trinajstić information content (AvgIpc) is 3.24. The van der Waals surface area contributed by atoms with Crippen molar-refractivity contribution in [2.75, 3.05) is 13.7 Å². The highest BCUT2D eigenvalue weighted by Gasteiger charge is 2.05. The van der Waals surface area contributed by atoms with Gasteiger partial charge in [-0.3, -0.25) is 0 Å². The van der Waals surface area contributed by atoms with E-state index in [0.717, 1.165) is 46.6 Å². The molecule has 9 heteroatoms. The van der Waals surface area contributed by atoms with Gasteiger partial charge in [-0.2, -0.15) is 0 Å². The van der Waals surface area contributed by atoms with Crippen molar-refractivity contribution >= 4 is 41.5 Å². The number of nitrogens with zero attached hydrogens (tertiary/aromatic N) is 4. The van der Waals surface area contributed by atoms with Crippen LogP contribution < -0.4 is 15.4 Å². The number of aromatic nitrogens is 3. The van der Waals surface area contributed by atoms with Crippen LogP contribution in [0.5, 0.6) is 5.75 Å². The summed E-state index contributed by atoms with van der Waals surface area (Å²) < 4.78 is 7.26. The monoisotopic (exact) mass is 554 g/mol. The first-order valence-corrected chi connectivity index (χ1v) is 10.3. The topological polar surface area (TPSA) is 76.4 Å². The molecule has 31 heavy (non-hydrogen) atoms. The number of hydrogen-bond donors (Lipinski definition) is 2. The van der Waals surface area contributed by atoms with Crippen LogP contribution in [0.4, 0.5) is 0 Å². The quantitative estimate of drug-likeness (QED) is 0.237. The molecule has 7 nitrogen and oxygen atoms in total. The Morgan fingerprint density at radius 3 is 2.61 bits per heavy atom. The van der Waals surface area contributed by atoms with Gasteiger partial charge in [0.1, 0.15) is 17.9 Å². The molecule has 0 amide bonds. The Hall–Kier alpha value is -2.33. The van der Waals surface area contributed by atoms with E-state index < -0.39 is 0 Å².